The Bertz CT molecular complexity index is 1500. The van der Waals surface area contributed by atoms with Crippen molar-refractivity contribution in [1.82, 2.24) is 14.9 Å². The van der Waals surface area contributed by atoms with Crippen molar-refractivity contribution in [2.75, 3.05) is 18.9 Å². The highest BCUT2D eigenvalue weighted by molar-refractivity contribution is 7.93. The molecule has 2 aromatic heterocycles. The smallest absolute Gasteiger partial charge is 0.270 e. The molecule has 176 valence electrons. The summed E-state index contributed by atoms with van der Waals surface area (Å²) in [7, 11) is -1.33. The number of methoxy groups -OCH3 is 2. The molecule has 2 atom stereocenters. The minimum atomic E-state index is -4.21. The molecule has 6 rings (SSSR count). The average molecular weight is 484 g/mol. The van der Waals surface area contributed by atoms with Crippen LogP contribution in [-0.4, -0.2) is 49.8 Å². The number of aromatic nitrogens is 3. The molecule has 1 aliphatic carbocycles. The molecule has 12 heteroatoms. The summed E-state index contributed by atoms with van der Waals surface area (Å²) < 4.78 is 59.3. The van der Waals surface area contributed by atoms with Gasteiger partial charge in [-0.15, -0.1) is 0 Å². The maximum atomic E-state index is 13.5. The van der Waals surface area contributed by atoms with Crippen LogP contribution in [0.4, 0.5) is 5.82 Å². The lowest BCUT2D eigenvalue weighted by Gasteiger charge is -2.22. The topological polar surface area (TPSA) is 127 Å². The zero-order valence-electron chi connectivity index (χ0n) is 18.2. The minimum absolute atomic E-state index is 0.0156. The van der Waals surface area contributed by atoms with Gasteiger partial charge in [-0.25, -0.2) is 8.42 Å². The minimum Gasteiger partial charge on any atom is -0.496 e. The Morgan fingerprint density at radius 2 is 1.97 bits per heavy atom. The van der Waals surface area contributed by atoms with E-state index in [1.54, 1.807) is 29.1 Å². The van der Waals surface area contributed by atoms with Crippen molar-refractivity contribution in [1.29, 1.82) is 0 Å². The van der Waals surface area contributed by atoms with E-state index in [1.165, 1.54) is 20.3 Å². The lowest BCUT2D eigenvalue weighted by molar-refractivity contribution is 0.160. The van der Waals surface area contributed by atoms with Crippen molar-refractivity contribution in [2.24, 2.45) is 0 Å². The third kappa shape index (κ3) is 3.37. The van der Waals surface area contributed by atoms with Crippen LogP contribution in [0.3, 0.4) is 0 Å². The van der Waals surface area contributed by atoms with Gasteiger partial charge < -0.3 is 23.5 Å². The zero-order chi connectivity index (χ0) is 23.4. The monoisotopic (exact) mass is 484 g/mol. The Morgan fingerprint density at radius 3 is 2.74 bits per heavy atom. The van der Waals surface area contributed by atoms with Crippen molar-refractivity contribution in [3.8, 4) is 23.0 Å². The first-order valence-electron chi connectivity index (χ1n) is 10.5. The number of hydrogen-bond donors (Lipinski definition) is 1. The SMILES string of the molecule is COc1ccc2c(c1S(=O)(=O)Nc1noc3cc(Cn4cccn4)cc(OC)c13)OC1CC1O2. The van der Waals surface area contributed by atoms with Crippen LogP contribution in [0.5, 0.6) is 23.0 Å². The van der Waals surface area contributed by atoms with Crippen molar-refractivity contribution < 1.29 is 31.9 Å². The van der Waals surface area contributed by atoms with Gasteiger partial charge in [-0.05, 0) is 35.9 Å². The highest BCUT2D eigenvalue weighted by Gasteiger charge is 2.48. The van der Waals surface area contributed by atoms with Crippen LogP contribution in [0, 0.1) is 0 Å². The molecule has 2 aliphatic rings. The normalized spacial score (nSPS) is 18.4. The van der Waals surface area contributed by atoms with E-state index in [0.29, 0.717) is 35.4 Å². The van der Waals surface area contributed by atoms with Gasteiger partial charge in [0.2, 0.25) is 0 Å². The third-order valence-electron chi connectivity index (χ3n) is 5.70. The average Bonchev–Trinajstić information content (AvgIpc) is 3.18. The van der Waals surface area contributed by atoms with Gasteiger partial charge in [0.05, 0.1) is 20.8 Å². The van der Waals surface area contributed by atoms with Crippen LogP contribution in [0.15, 0.2) is 52.1 Å². The van der Waals surface area contributed by atoms with Gasteiger partial charge in [-0.3, -0.25) is 9.40 Å². The molecule has 11 nitrogen and oxygen atoms in total. The van der Waals surface area contributed by atoms with E-state index in [-0.39, 0.29) is 34.4 Å². The summed E-state index contributed by atoms with van der Waals surface area (Å²) in [4.78, 5) is -0.164. The molecule has 1 saturated carbocycles. The zero-order valence-corrected chi connectivity index (χ0v) is 19.0. The summed E-state index contributed by atoms with van der Waals surface area (Å²) in [5.41, 5.74) is 1.21. The Labute approximate surface area is 194 Å². The molecule has 0 amide bonds. The molecule has 1 aliphatic heterocycles. The largest absolute Gasteiger partial charge is 0.496 e. The van der Waals surface area contributed by atoms with Gasteiger partial charge in [0, 0.05) is 18.8 Å². The van der Waals surface area contributed by atoms with Crippen LogP contribution in [0.25, 0.3) is 11.0 Å². The van der Waals surface area contributed by atoms with E-state index in [9.17, 15) is 8.42 Å². The van der Waals surface area contributed by atoms with Gasteiger partial charge in [0.15, 0.2) is 27.8 Å². The first-order chi connectivity index (χ1) is 16.5. The number of ether oxygens (including phenoxy) is 4. The number of anilines is 1. The molecule has 1 N–H and O–H groups in total. The molecule has 4 aromatic rings. The molecule has 0 radical (unpaired) electrons. The van der Waals surface area contributed by atoms with Crippen LogP contribution in [0.1, 0.15) is 12.0 Å². The van der Waals surface area contributed by atoms with Gasteiger partial charge in [-0.1, -0.05) is 5.16 Å². The highest BCUT2D eigenvalue weighted by atomic mass is 32.2. The van der Waals surface area contributed by atoms with E-state index in [0.717, 1.165) is 5.56 Å². The van der Waals surface area contributed by atoms with Crippen molar-refractivity contribution in [2.45, 2.75) is 30.1 Å². The summed E-state index contributed by atoms with van der Waals surface area (Å²) in [5.74, 6) is 0.979. The number of hydrogen-bond acceptors (Lipinski definition) is 9. The van der Waals surface area contributed by atoms with E-state index in [4.69, 9.17) is 23.5 Å². The fourth-order valence-electron chi connectivity index (χ4n) is 4.03. The van der Waals surface area contributed by atoms with Crippen LogP contribution >= 0.6 is 0 Å². The van der Waals surface area contributed by atoms with E-state index in [2.05, 4.69) is 15.0 Å². The number of nitrogens with zero attached hydrogens (tertiary/aromatic N) is 3. The second kappa shape index (κ2) is 7.55. The Kier molecular flexibility index (Phi) is 4.59. The Morgan fingerprint density at radius 1 is 1.15 bits per heavy atom. The van der Waals surface area contributed by atoms with Gasteiger partial charge >= 0.3 is 0 Å². The Hall–Kier alpha value is -3.93. The number of benzene rings is 2. The fraction of sp³-hybridized carbons (Fsp3) is 0.273. The molecular formula is C22H20N4O7S. The van der Waals surface area contributed by atoms with E-state index in [1.807, 2.05) is 12.3 Å². The number of fused-ring (bicyclic) bond motifs is 3. The summed E-state index contributed by atoms with van der Waals surface area (Å²) in [6, 6.07) is 8.54. The lowest BCUT2D eigenvalue weighted by Crippen LogP contribution is -2.21. The maximum Gasteiger partial charge on any atom is 0.270 e. The number of sulfonamides is 1. The summed E-state index contributed by atoms with van der Waals surface area (Å²) in [5, 5.41) is 8.55. The van der Waals surface area contributed by atoms with Gasteiger partial charge in [0.1, 0.15) is 29.1 Å². The summed E-state index contributed by atoms with van der Waals surface area (Å²) >= 11 is 0. The second-order valence-corrected chi connectivity index (χ2v) is 9.60. The van der Waals surface area contributed by atoms with Gasteiger partial charge in [-0.2, -0.15) is 5.10 Å². The van der Waals surface area contributed by atoms with E-state index < -0.39 is 10.0 Å². The fourth-order valence-corrected chi connectivity index (χ4v) is 5.34. The standard InChI is InChI=1S/C22H20N4O7S/c1-29-14-5-4-13-20(32-16-10-15(16)31-13)21(14)34(27,28)25-22-19-17(30-2)8-12(9-18(19)33-24-22)11-26-7-3-6-23-26/h3-9,15-16H,10-11H2,1-2H3,(H,24,25). The first kappa shape index (κ1) is 20.7. The summed E-state index contributed by atoms with van der Waals surface area (Å²) in [6.45, 7) is 0.480. The second-order valence-electron chi connectivity index (χ2n) is 7.98. The predicted octanol–water partition coefficient (Wildman–Crippen LogP) is 2.80. The maximum absolute atomic E-state index is 13.5. The van der Waals surface area contributed by atoms with Crippen molar-refractivity contribution >= 4 is 26.8 Å². The number of rotatable bonds is 7. The molecule has 2 aromatic carbocycles. The van der Waals surface area contributed by atoms with Crippen molar-refractivity contribution in [3.63, 3.8) is 0 Å². The first-order valence-corrected chi connectivity index (χ1v) is 12.0. The molecule has 3 heterocycles. The van der Waals surface area contributed by atoms with Crippen LogP contribution < -0.4 is 23.7 Å². The van der Waals surface area contributed by atoms with E-state index >= 15 is 0 Å². The molecule has 1 fully saturated rings. The molecule has 0 saturated heterocycles. The molecular weight excluding hydrogens is 464 g/mol. The molecule has 2 unspecified atom stereocenters. The lowest BCUT2D eigenvalue weighted by atomic mass is 10.1. The number of nitrogens with one attached hydrogen (secondary N) is 1. The quantitative estimate of drug-likeness (QED) is 0.421. The third-order valence-corrected chi connectivity index (χ3v) is 7.09. The van der Waals surface area contributed by atoms with Crippen LogP contribution in [-0.2, 0) is 16.6 Å². The molecule has 34 heavy (non-hydrogen) atoms. The molecule has 0 spiro atoms. The van der Waals surface area contributed by atoms with Crippen LogP contribution in [0.2, 0.25) is 0 Å². The Balaban J connectivity index is 1.40. The summed E-state index contributed by atoms with van der Waals surface area (Å²) in [6.07, 6.45) is 4.00. The van der Waals surface area contributed by atoms with Crippen molar-refractivity contribution in [3.05, 3.63) is 48.3 Å². The highest BCUT2D eigenvalue weighted by Crippen LogP contribution is 2.49. The predicted molar refractivity (Wildman–Crippen MR) is 119 cm³/mol. The van der Waals surface area contributed by atoms with Gasteiger partial charge in [0.25, 0.3) is 10.0 Å². The molecule has 0 bridgehead atoms.